The van der Waals surface area contributed by atoms with Gasteiger partial charge >= 0.3 is 0 Å². The topological polar surface area (TPSA) is 20.2 Å². The van der Waals surface area contributed by atoms with Crippen molar-refractivity contribution < 1.29 is 5.11 Å². The van der Waals surface area contributed by atoms with E-state index in [1.807, 2.05) is 52.0 Å². The lowest BCUT2D eigenvalue weighted by atomic mass is 9.92. The molecule has 0 heterocycles. The molecule has 2 aromatic rings. The molecule has 0 aliphatic carbocycles. The van der Waals surface area contributed by atoms with Gasteiger partial charge in [0.05, 0.1) is 0 Å². The van der Waals surface area contributed by atoms with Crippen LogP contribution in [0.25, 0.3) is 0 Å². The van der Waals surface area contributed by atoms with Gasteiger partial charge in [0.25, 0.3) is 0 Å². The van der Waals surface area contributed by atoms with Crippen LogP contribution >= 0.6 is 11.6 Å². The summed E-state index contributed by atoms with van der Waals surface area (Å²) in [6.07, 6.45) is -0.601. The van der Waals surface area contributed by atoms with Gasteiger partial charge < -0.3 is 5.11 Å². The highest BCUT2D eigenvalue weighted by Crippen LogP contribution is 2.30. The third kappa shape index (κ3) is 2.83. The third-order valence-electron chi connectivity index (χ3n) is 3.57. The molecule has 0 amide bonds. The van der Waals surface area contributed by atoms with Crippen molar-refractivity contribution in [3.63, 3.8) is 0 Å². The number of aliphatic hydroxyl groups is 1. The normalized spacial score (nSPS) is 12.5. The molecular weight excluding hydrogens is 256 g/mol. The summed E-state index contributed by atoms with van der Waals surface area (Å²) in [5, 5.41) is 11.4. The minimum atomic E-state index is -0.601. The SMILES string of the molecule is Cc1ccc(C)c(C(O)c2cc(C)c(Cl)cc2C)c1. The number of halogens is 1. The molecule has 1 nitrogen and oxygen atoms in total. The van der Waals surface area contributed by atoms with Crippen molar-refractivity contribution in [2.24, 2.45) is 0 Å². The van der Waals surface area contributed by atoms with E-state index in [0.29, 0.717) is 0 Å². The molecule has 0 aliphatic heterocycles. The Labute approximate surface area is 119 Å². The Kier molecular flexibility index (Phi) is 3.98. The second kappa shape index (κ2) is 5.36. The number of aliphatic hydroxyl groups excluding tert-OH is 1. The molecule has 0 radical (unpaired) electrons. The molecule has 0 bridgehead atoms. The smallest absolute Gasteiger partial charge is 0.105 e. The first-order chi connectivity index (χ1) is 8.90. The molecule has 0 aromatic heterocycles. The average Bonchev–Trinajstić information content (AvgIpc) is 2.36. The maximum absolute atomic E-state index is 10.7. The minimum absolute atomic E-state index is 0.601. The molecule has 2 rings (SSSR count). The zero-order valence-electron chi connectivity index (χ0n) is 11.8. The number of rotatable bonds is 2. The monoisotopic (exact) mass is 274 g/mol. The molecule has 2 heteroatoms. The number of hydrogen-bond acceptors (Lipinski definition) is 1. The molecule has 1 unspecified atom stereocenters. The molecule has 1 N–H and O–H groups in total. The van der Waals surface area contributed by atoms with E-state index in [1.54, 1.807) is 0 Å². The van der Waals surface area contributed by atoms with Crippen LogP contribution in [0.4, 0.5) is 0 Å². The largest absolute Gasteiger partial charge is 0.384 e. The highest BCUT2D eigenvalue weighted by atomic mass is 35.5. The van der Waals surface area contributed by atoms with Crippen molar-refractivity contribution in [3.8, 4) is 0 Å². The van der Waals surface area contributed by atoms with Crippen LogP contribution in [0.15, 0.2) is 30.3 Å². The van der Waals surface area contributed by atoms with Crippen LogP contribution in [0, 0.1) is 27.7 Å². The third-order valence-corrected chi connectivity index (χ3v) is 3.98. The summed E-state index contributed by atoms with van der Waals surface area (Å²) < 4.78 is 0. The van der Waals surface area contributed by atoms with Gasteiger partial charge in [0.2, 0.25) is 0 Å². The van der Waals surface area contributed by atoms with Gasteiger partial charge in [-0.2, -0.15) is 0 Å². The van der Waals surface area contributed by atoms with Crippen molar-refractivity contribution >= 4 is 11.6 Å². The van der Waals surface area contributed by atoms with Crippen LogP contribution in [-0.4, -0.2) is 5.11 Å². The van der Waals surface area contributed by atoms with Crippen LogP contribution < -0.4 is 0 Å². The summed E-state index contributed by atoms with van der Waals surface area (Å²) in [7, 11) is 0. The summed E-state index contributed by atoms with van der Waals surface area (Å²) in [5.41, 5.74) is 6.16. The molecular formula is C17H19ClO. The fourth-order valence-electron chi connectivity index (χ4n) is 2.32. The lowest BCUT2D eigenvalue weighted by molar-refractivity contribution is 0.218. The van der Waals surface area contributed by atoms with Crippen LogP contribution in [-0.2, 0) is 0 Å². The number of benzene rings is 2. The Bertz CT molecular complexity index is 617. The van der Waals surface area contributed by atoms with Crippen molar-refractivity contribution in [2.45, 2.75) is 33.8 Å². The van der Waals surface area contributed by atoms with Gasteiger partial charge in [0, 0.05) is 5.02 Å². The summed E-state index contributed by atoms with van der Waals surface area (Å²) in [6.45, 7) is 8.00. The first kappa shape index (κ1) is 14.1. The highest BCUT2D eigenvalue weighted by molar-refractivity contribution is 6.31. The van der Waals surface area contributed by atoms with E-state index in [0.717, 1.165) is 38.4 Å². The van der Waals surface area contributed by atoms with Gasteiger partial charge in [-0.1, -0.05) is 41.4 Å². The quantitative estimate of drug-likeness (QED) is 0.845. The van der Waals surface area contributed by atoms with Crippen molar-refractivity contribution in [2.75, 3.05) is 0 Å². The van der Waals surface area contributed by atoms with Crippen LogP contribution in [0.2, 0.25) is 5.02 Å². The Morgan fingerprint density at radius 3 is 2.16 bits per heavy atom. The van der Waals surface area contributed by atoms with Gasteiger partial charge in [-0.15, -0.1) is 0 Å². The fourth-order valence-corrected chi connectivity index (χ4v) is 2.54. The van der Waals surface area contributed by atoms with E-state index >= 15 is 0 Å². The van der Waals surface area contributed by atoms with Crippen LogP contribution in [0.5, 0.6) is 0 Å². The summed E-state index contributed by atoms with van der Waals surface area (Å²) in [6, 6.07) is 10.0. The van der Waals surface area contributed by atoms with E-state index in [1.165, 1.54) is 0 Å². The number of hydrogen-bond donors (Lipinski definition) is 1. The number of aryl methyl sites for hydroxylation is 4. The zero-order chi connectivity index (χ0) is 14.2. The van der Waals surface area contributed by atoms with Gasteiger partial charge in [-0.25, -0.2) is 0 Å². The van der Waals surface area contributed by atoms with E-state index in [2.05, 4.69) is 6.07 Å². The maximum atomic E-state index is 10.7. The predicted molar refractivity (Wildman–Crippen MR) is 80.9 cm³/mol. The summed E-state index contributed by atoms with van der Waals surface area (Å²) in [5.74, 6) is 0. The van der Waals surface area contributed by atoms with Crippen LogP contribution in [0.1, 0.15) is 39.5 Å². The minimum Gasteiger partial charge on any atom is -0.384 e. The Balaban J connectivity index is 2.52. The summed E-state index contributed by atoms with van der Waals surface area (Å²) >= 11 is 6.11. The van der Waals surface area contributed by atoms with Crippen molar-refractivity contribution in [1.29, 1.82) is 0 Å². The van der Waals surface area contributed by atoms with E-state index in [9.17, 15) is 5.11 Å². The Morgan fingerprint density at radius 2 is 1.47 bits per heavy atom. The van der Waals surface area contributed by atoms with E-state index in [4.69, 9.17) is 11.6 Å². The first-order valence-corrected chi connectivity index (χ1v) is 6.80. The van der Waals surface area contributed by atoms with Crippen molar-refractivity contribution in [3.05, 3.63) is 68.7 Å². The molecule has 0 saturated carbocycles. The molecule has 100 valence electrons. The molecule has 19 heavy (non-hydrogen) atoms. The fraction of sp³-hybridized carbons (Fsp3) is 0.294. The highest BCUT2D eigenvalue weighted by Gasteiger charge is 2.16. The molecule has 0 saturated heterocycles. The van der Waals surface area contributed by atoms with Gasteiger partial charge in [-0.05, 0) is 61.6 Å². The van der Waals surface area contributed by atoms with E-state index in [-0.39, 0.29) is 0 Å². The predicted octanol–water partition coefficient (Wildman–Crippen LogP) is 4.66. The summed E-state index contributed by atoms with van der Waals surface area (Å²) in [4.78, 5) is 0. The molecule has 0 spiro atoms. The molecule has 0 aliphatic rings. The Hall–Kier alpha value is -1.31. The van der Waals surface area contributed by atoms with Gasteiger partial charge in [0.15, 0.2) is 0 Å². The first-order valence-electron chi connectivity index (χ1n) is 6.42. The Morgan fingerprint density at radius 1 is 0.842 bits per heavy atom. The second-order valence-electron chi connectivity index (χ2n) is 5.22. The average molecular weight is 275 g/mol. The van der Waals surface area contributed by atoms with Crippen molar-refractivity contribution in [1.82, 2.24) is 0 Å². The van der Waals surface area contributed by atoms with E-state index < -0.39 is 6.10 Å². The molecule has 0 fully saturated rings. The van der Waals surface area contributed by atoms with Crippen LogP contribution in [0.3, 0.4) is 0 Å². The lowest BCUT2D eigenvalue weighted by Gasteiger charge is -2.18. The van der Waals surface area contributed by atoms with Gasteiger partial charge in [-0.3, -0.25) is 0 Å². The standard InChI is InChI=1S/C17H19ClO/c1-10-5-6-11(2)14(7-10)17(19)15-8-13(4)16(18)9-12(15)3/h5-9,17,19H,1-4H3. The lowest BCUT2D eigenvalue weighted by Crippen LogP contribution is -2.05. The second-order valence-corrected chi connectivity index (χ2v) is 5.63. The zero-order valence-corrected chi connectivity index (χ0v) is 12.5. The molecule has 1 atom stereocenters. The molecule has 2 aromatic carbocycles. The van der Waals surface area contributed by atoms with Gasteiger partial charge in [0.1, 0.15) is 6.10 Å². The maximum Gasteiger partial charge on any atom is 0.105 e.